The normalized spacial score (nSPS) is 14.2. The number of nitrogens with zero attached hydrogens (tertiary/aromatic N) is 4. The molecule has 166 valence electrons. The number of Topliss-reactive ketones (excluding diaryl/α,β-unsaturated/α-hetero) is 1. The monoisotopic (exact) mass is 426 g/mol. The van der Waals surface area contributed by atoms with E-state index in [1.807, 2.05) is 24.3 Å². The van der Waals surface area contributed by atoms with E-state index in [0.717, 1.165) is 24.3 Å². The maximum atomic E-state index is 11.0. The summed E-state index contributed by atoms with van der Waals surface area (Å²) in [5.41, 5.74) is 3.28. The Kier molecular flexibility index (Phi) is 8.93. The third kappa shape index (κ3) is 8.07. The lowest BCUT2D eigenvalue weighted by Crippen LogP contribution is -2.36. The number of hydrogen-bond acceptors (Lipinski definition) is 8. The molecule has 0 bridgehead atoms. The van der Waals surface area contributed by atoms with Crippen LogP contribution >= 0.6 is 0 Å². The molecule has 1 aliphatic rings. The summed E-state index contributed by atoms with van der Waals surface area (Å²) in [5, 5.41) is 8.66. The summed E-state index contributed by atoms with van der Waals surface area (Å²) in [4.78, 5) is 17.7. The zero-order valence-corrected chi connectivity index (χ0v) is 18.2. The van der Waals surface area contributed by atoms with Gasteiger partial charge in [-0.3, -0.25) is 4.79 Å². The molecule has 1 fully saturated rings. The van der Waals surface area contributed by atoms with Crippen LogP contribution in [0.5, 0.6) is 5.88 Å². The fraction of sp³-hybridized carbons (Fsp3) is 0.478. The minimum Gasteiger partial charge on any atom is -0.475 e. The van der Waals surface area contributed by atoms with E-state index in [1.165, 1.54) is 5.56 Å². The van der Waals surface area contributed by atoms with Crippen molar-refractivity contribution in [2.75, 3.05) is 51.0 Å². The molecule has 0 unspecified atom stereocenters. The number of rotatable bonds is 11. The van der Waals surface area contributed by atoms with Crippen LogP contribution in [0.2, 0.25) is 0 Å². The van der Waals surface area contributed by atoms with Gasteiger partial charge in [0.05, 0.1) is 33.0 Å². The number of morpholine rings is 1. The molecule has 0 aliphatic carbocycles. The predicted octanol–water partition coefficient (Wildman–Crippen LogP) is 3.89. The first-order valence-electron chi connectivity index (χ1n) is 10.6. The van der Waals surface area contributed by atoms with Gasteiger partial charge < -0.3 is 19.1 Å². The van der Waals surface area contributed by atoms with Gasteiger partial charge in [-0.15, -0.1) is 5.11 Å². The van der Waals surface area contributed by atoms with Crippen molar-refractivity contribution in [1.29, 1.82) is 0 Å². The summed E-state index contributed by atoms with van der Waals surface area (Å²) in [6.45, 7) is 8.22. The Hall–Kier alpha value is -2.84. The Labute approximate surface area is 183 Å². The topological polar surface area (TPSA) is 85.6 Å². The minimum atomic E-state index is 0.112. The first-order valence-corrected chi connectivity index (χ1v) is 10.6. The van der Waals surface area contributed by atoms with E-state index in [-0.39, 0.29) is 5.78 Å². The molecule has 2 heterocycles. The van der Waals surface area contributed by atoms with Gasteiger partial charge in [-0.05, 0) is 19.4 Å². The van der Waals surface area contributed by atoms with Crippen LogP contribution in [0.25, 0.3) is 0 Å². The highest BCUT2D eigenvalue weighted by Crippen LogP contribution is 2.26. The van der Waals surface area contributed by atoms with Crippen molar-refractivity contribution in [3.05, 3.63) is 47.5 Å². The number of aryl methyl sites for hydroxylation is 1. The molecule has 1 aliphatic heterocycles. The fourth-order valence-electron chi connectivity index (χ4n) is 3.13. The zero-order chi connectivity index (χ0) is 21.9. The van der Waals surface area contributed by atoms with Gasteiger partial charge in [0, 0.05) is 37.3 Å². The maximum absolute atomic E-state index is 11.0. The lowest BCUT2D eigenvalue weighted by molar-refractivity contribution is -0.118. The Balaban J connectivity index is 1.64. The van der Waals surface area contributed by atoms with Crippen LogP contribution in [0.15, 0.2) is 46.6 Å². The van der Waals surface area contributed by atoms with Gasteiger partial charge in [0.25, 0.3) is 0 Å². The van der Waals surface area contributed by atoms with Crippen molar-refractivity contribution in [3.63, 3.8) is 0 Å². The zero-order valence-electron chi connectivity index (χ0n) is 18.2. The number of hydrogen-bond donors (Lipinski definition) is 0. The number of pyridine rings is 1. The summed E-state index contributed by atoms with van der Waals surface area (Å²) < 4.78 is 16.7. The summed E-state index contributed by atoms with van der Waals surface area (Å²) in [7, 11) is 0. The quantitative estimate of drug-likeness (QED) is 0.400. The van der Waals surface area contributed by atoms with Gasteiger partial charge >= 0.3 is 0 Å². The Morgan fingerprint density at radius 3 is 2.77 bits per heavy atom. The standard InChI is InChI=1S/C23H30N4O4/c1-18-4-3-5-20(14-18)17-24-26-22-15-21(27-7-10-30-11-8-27)16-23(25-22)31-13-12-29-9-6-19(2)28/h3-5,14-16H,6-13,17H2,1-2H3. The Morgan fingerprint density at radius 1 is 1.16 bits per heavy atom. The molecule has 0 atom stereocenters. The first kappa shape index (κ1) is 22.8. The number of anilines is 1. The summed E-state index contributed by atoms with van der Waals surface area (Å²) >= 11 is 0. The number of carbonyl (C=O) groups excluding carboxylic acids is 1. The Morgan fingerprint density at radius 2 is 2.00 bits per heavy atom. The van der Waals surface area contributed by atoms with E-state index >= 15 is 0 Å². The van der Waals surface area contributed by atoms with Crippen LogP contribution in [0, 0.1) is 6.92 Å². The predicted molar refractivity (Wildman–Crippen MR) is 118 cm³/mol. The fourth-order valence-corrected chi connectivity index (χ4v) is 3.13. The van der Waals surface area contributed by atoms with E-state index in [9.17, 15) is 4.79 Å². The number of azo groups is 1. The highest BCUT2D eigenvalue weighted by molar-refractivity contribution is 5.75. The minimum absolute atomic E-state index is 0.112. The SMILES string of the molecule is CC(=O)CCOCCOc1cc(N2CCOCC2)cc(N=NCc2cccc(C)c2)n1. The van der Waals surface area contributed by atoms with Gasteiger partial charge in [-0.25, -0.2) is 0 Å². The molecule has 1 aromatic heterocycles. The number of aromatic nitrogens is 1. The molecule has 0 N–H and O–H groups in total. The largest absolute Gasteiger partial charge is 0.475 e. The highest BCUT2D eigenvalue weighted by atomic mass is 16.5. The van der Waals surface area contributed by atoms with E-state index < -0.39 is 0 Å². The highest BCUT2D eigenvalue weighted by Gasteiger charge is 2.14. The number of benzene rings is 1. The lowest BCUT2D eigenvalue weighted by atomic mass is 10.1. The molecule has 31 heavy (non-hydrogen) atoms. The van der Waals surface area contributed by atoms with Gasteiger partial charge in [0.15, 0.2) is 5.82 Å². The molecule has 8 heteroatoms. The molecular formula is C23H30N4O4. The molecule has 8 nitrogen and oxygen atoms in total. The number of carbonyl (C=O) groups is 1. The van der Waals surface area contributed by atoms with Crippen LogP contribution in [-0.2, 0) is 20.8 Å². The third-order valence-electron chi connectivity index (χ3n) is 4.73. The second kappa shape index (κ2) is 12.1. The van der Waals surface area contributed by atoms with Crippen molar-refractivity contribution < 1.29 is 19.0 Å². The molecule has 1 aromatic carbocycles. The van der Waals surface area contributed by atoms with E-state index in [4.69, 9.17) is 14.2 Å². The van der Waals surface area contributed by atoms with Gasteiger partial charge in [0.1, 0.15) is 12.4 Å². The average molecular weight is 427 g/mol. The summed E-state index contributed by atoms with van der Waals surface area (Å²) in [6.07, 6.45) is 0.413. The van der Waals surface area contributed by atoms with Crippen LogP contribution in [0.3, 0.4) is 0 Å². The van der Waals surface area contributed by atoms with Crippen LogP contribution in [0.1, 0.15) is 24.5 Å². The Bertz CT molecular complexity index is 882. The molecular weight excluding hydrogens is 396 g/mol. The molecule has 1 saturated heterocycles. The van der Waals surface area contributed by atoms with Crippen molar-refractivity contribution >= 4 is 17.3 Å². The van der Waals surface area contributed by atoms with Gasteiger partial charge in [-0.1, -0.05) is 29.8 Å². The van der Waals surface area contributed by atoms with Crippen molar-refractivity contribution in [2.45, 2.75) is 26.8 Å². The average Bonchev–Trinajstić information content (AvgIpc) is 2.76. The number of ether oxygens (including phenoxy) is 3. The van der Waals surface area contributed by atoms with E-state index in [2.05, 4.69) is 39.2 Å². The number of ketones is 1. The van der Waals surface area contributed by atoms with Crippen LogP contribution < -0.4 is 9.64 Å². The van der Waals surface area contributed by atoms with Crippen molar-refractivity contribution in [2.24, 2.45) is 10.2 Å². The summed E-state index contributed by atoms with van der Waals surface area (Å²) in [6, 6.07) is 12.0. The molecule has 2 aromatic rings. The lowest BCUT2D eigenvalue weighted by Gasteiger charge is -2.29. The van der Waals surface area contributed by atoms with E-state index in [1.54, 1.807) is 6.92 Å². The first-order chi connectivity index (χ1) is 15.1. The molecule has 3 rings (SSSR count). The maximum Gasteiger partial charge on any atom is 0.217 e. The molecule has 0 spiro atoms. The third-order valence-corrected chi connectivity index (χ3v) is 4.73. The van der Waals surface area contributed by atoms with Gasteiger partial charge in [-0.2, -0.15) is 10.1 Å². The second-order valence-corrected chi connectivity index (χ2v) is 7.42. The van der Waals surface area contributed by atoms with Crippen LogP contribution in [-0.4, -0.2) is 56.9 Å². The van der Waals surface area contributed by atoms with Crippen molar-refractivity contribution in [3.8, 4) is 5.88 Å². The molecule has 0 amide bonds. The van der Waals surface area contributed by atoms with E-state index in [0.29, 0.717) is 57.7 Å². The van der Waals surface area contributed by atoms with Crippen molar-refractivity contribution in [1.82, 2.24) is 4.98 Å². The summed E-state index contributed by atoms with van der Waals surface area (Å²) in [5.74, 6) is 1.09. The molecule has 0 radical (unpaired) electrons. The second-order valence-electron chi connectivity index (χ2n) is 7.42. The smallest absolute Gasteiger partial charge is 0.217 e. The molecule has 0 saturated carbocycles. The van der Waals surface area contributed by atoms with Crippen LogP contribution in [0.4, 0.5) is 11.5 Å². The van der Waals surface area contributed by atoms with Gasteiger partial charge in [0.2, 0.25) is 5.88 Å².